The summed E-state index contributed by atoms with van der Waals surface area (Å²) in [5.74, 6) is 0.696. The lowest BCUT2D eigenvalue weighted by Crippen LogP contribution is -2.49. The molecule has 0 aliphatic carbocycles. The summed E-state index contributed by atoms with van der Waals surface area (Å²) >= 11 is 0. The Hall–Kier alpha value is -3.87. The van der Waals surface area contributed by atoms with Gasteiger partial charge in [0.15, 0.2) is 0 Å². The molecule has 0 radical (unpaired) electrons. The fraction of sp³-hybridized carbons (Fsp3) is 0.258. The standard InChI is InChI=1S/C31H35N3O3/c1-4-33(23-25-12-7-5-8-13-25)20-11-21-37-32-24(2)22-29-30(26-14-9-6-10-15-26)34(31(29)35)27-16-18-28(36-3)19-17-27/h5-10,12-19,22,30,32H,2,4,11,20-21,23H2,1,3H3. The first-order valence-electron chi connectivity index (χ1n) is 12.7. The topological polar surface area (TPSA) is 54.0 Å². The molecule has 192 valence electrons. The minimum Gasteiger partial charge on any atom is -0.497 e. The van der Waals surface area contributed by atoms with Crippen LogP contribution in [0.3, 0.4) is 0 Å². The Morgan fingerprint density at radius 1 is 1.03 bits per heavy atom. The summed E-state index contributed by atoms with van der Waals surface area (Å²) in [4.78, 5) is 23.0. The number of carbonyl (C=O) groups is 1. The number of hydroxylamine groups is 1. The molecular formula is C31H35N3O3. The van der Waals surface area contributed by atoms with Crippen molar-refractivity contribution in [2.75, 3.05) is 31.7 Å². The Morgan fingerprint density at radius 3 is 2.35 bits per heavy atom. The molecule has 1 N–H and O–H groups in total. The summed E-state index contributed by atoms with van der Waals surface area (Å²) in [7, 11) is 1.63. The van der Waals surface area contributed by atoms with Gasteiger partial charge in [0.05, 0.1) is 25.5 Å². The second kappa shape index (κ2) is 12.9. The number of hydrogen-bond donors (Lipinski definition) is 1. The van der Waals surface area contributed by atoms with E-state index >= 15 is 0 Å². The van der Waals surface area contributed by atoms with E-state index in [4.69, 9.17) is 9.57 Å². The molecule has 1 aliphatic rings. The van der Waals surface area contributed by atoms with Crippen molar-refractivity contribution in [2.24, 2.45) is 0 Å². The molecule has 1 amide bonds. The molecule has 0 saturated carbocycles. The molecule has 1 atom stereocenters. The Balaban J connectivity index is 1.32. The molecule has 1 aliphatic heterocycles. The number of hydrogen-bond acceptors (Lipinski definition) is 5. The zero-order valence-corrected chi connectivity index (χ0v) is 21.6. The summed E-state index contributed by atoms with van der Waals surface area (Å²) in [5, 5.41) is 0. The van der Waals surface area contributed by atoms with Gasteiger partial charge >= 0.3 is 0 Å². The van der Waals surface area contributed by atoms with Crippen molar-refractivity contribution < 1.29 is 14.4 Å². The lowest BCUT2D eigenvalue weighted by molar-refractivity contribution is -0.119. The normalized spacial score (nSPS) is 16.1. The van der Waals surface area contributed by atoms with Crippen LogP contribution in [-0.4, -0.2) is 37.6 Å². The zero-order chi connectivity index (χ0) is 26.0. The zero-order valence-electron chi connectivity index (χ0n) is 21.6. The Morgan fingerprint density at radius 2 is 1.70 bits per heavy atom. The second-order valence-corrected chi connectivity index (χ2v) is 8.97. The van der Waals surface area contributed by atoms with Crippen molar-refractivity contribution in [3.05, 3.63) is 120 Å². The Labute approximate surface area is 219 Å². The summed E-state index contributed by atoms with van der Waals surface area (Å²) in [5.41, 5.74) is 7.30. The molecule has 1 heterocycles. The van der Waals surface area contributed by atoms with Crippen LogP contribution in [0.25, 0.3) is 0 Å². The molecule has 0 spiro atoms. The highest BCUT2D eigenvalue weighted by Crippen LogP contribution is 2.43. The van der Waals surface area contributed by atoms with Gasteiger partial charge in [0.1, 0.15) is 5.75 Å². The van der Waals surface area contributed by atoms with Crippen LogP contribution in [-0.2, 0) is 16.2 Å². The number of amides is 1. The molecule has 1 fully saturated rings. The molecular weight excluding hydrogens is 462 g/mol. The smallest absolute Gasteiger partial charge is 0.257 e. The van der Waals surface area contributed by atoms with E-state index < -0.39 is 0 Å². The Kier molecular flexibility index (Phi) is 9.13. The van der Waals surface area contributed by atoms with E-state index in [0.29, 0.717) is 17.9 Å². The number of carbonyl (C=O) groups excluding carboxylic acids is 1. The van der Waals surface area contributed by atoms with E-state index in [-0.39, 0.29) is 11.9 Å². The molecule has 4 rings (SSSR count). The van der Waals surface area contributed by atoms with Gasteiger partial charge in [0.25, 0.3) is 5.91 Å². The largest absolute Gasteiger partial charge is 0.497 e. The summed E-state index contributed by atoms with van der Waals surface area (Å²) in [6, 6.07) is 27.8. The van der Waals surface area contributed by atoms with Gasteiger partial charge in [-0.1, -0.05) is 74.2 Å². The van der Waals surface area contributed by atoms with Crippen LogP contribution in [0.5, 0.6) is 5.75 Å². The van der Waals surface area contributed by atoms with Gasteiger partial charge in [-0.25, -0.2) is 0 Å². The van der Waals surface area contributed by atoms with Crippen LogP contribution in [0.4, 0.5) is 5.69 Å². The number of allylic oxidation sites excluding steroid dienone is 1. The van der Waals surface area contributed by atoms with Crippen molar-refractivity contribution in [2.45, 2.75) is 25.9 Å². The highest BCUT2D eigenvalue weighted by Gasteiger charge is 2.43. The van der Waals surface area contributed by atoms with Gasteiger partial charge in [0, 0.05) is 24.4 Å². The number of anilines is 1. The van der Waals surface area contributed by atoms with Gasteiger partial charge in [-0.15, -0.1) is 0 Å². The minimum atomic E-state index is -0.197. The minimum absolute atomic E-state index is 0.0542. The van der Waals surface area contributed by atoms with Crippen molar-refractivity contribution in [1.82, 2.24) is 10.4 Å². The second-order valence-electron chi connectivity index (χ2n) is 8.97. The predicted octanol–water partition coefficient (Wildman–Crippen LogP) is 5.66. The number of rotatable bonds is 13. The maximum atomic E-state index is 13.2. The highest BCUT2D eigenvalue weighted by molar-refractivity contribution is 6.15. The van der Waals surface area contributed by atoms with Gasteiger partial charge in [-0.05, 0) is 54.4 Å². The molecule has 0 aromatic heterocycles. The first kappa shape index (κ1) is 26.2. The molecule has 6 nitrogen and oxygen atoms in total. The Bertz CT molecular complexity index is 1190. The van der Waals surface area contributed by atoms with Crippen molar-refractivity contribution in [3.63, 3.8) is 0 Å². The van der Waals surface area contributed by atoms with Gasteiger partial charge < -0.3 is 4.74 Å². The summed E-state index contributed by atoms with van der Waals surface area (Å²) in [6.45, 7) is 9.61. The van der Waals surface area contributed by atoms with Crippen LogP contribution < -0.4 is 15.1 Å². The lowest BCUT2D eigenvalue weighted by atomic mass is 9.86. The monoisotopic (exact) mass is 497 g/mol. The van der Waals surface area contributed by atoms with Gasteiger partial charge in [-0.3, -0.25) is 24.9 Å². The van der Waals surface area contributed by atoms with E-state index in [2.05, 4.69) is 48.1 Å². The van der Waals surface area contributed by atoms with E-state index in [1.165, 1.54) is 5.56 Å². The fourth-order valence-electron chi connectivity index (χ4n) is 4.47. The SMILES string of the molecule is C=C(C=C1C(=O)N(c2ccc(OC)cc2)C1c1ccccc1)NOCCCN(CC)Cc1ccccc1. The van der Waals surface area contributed by atoms with Crippen LogP contribution >= 0.6 is 0 Å². The molecule has 6 heteroatoms. The number of ether oxygens (including phenoxy) is 1. The predicted molar refractivity (Wildman–Crippen MR) is 148 cm³/mol. The third-order valence-electron chi connectivity index (χ3n) is 6.43. The number of benzene rings is 3. The molecule has 3 aromatic rings. The number of methoxy groups -OCH3 is 1. The van der Waals surface area contributed by atoms with E-state index in [1.54, 1.807) is 18.1 Å². The quantitative estimate of drug-likeness (QED) is 0.143. The fourth-order valence-corrected chi connectivity index (χ4v) is 4.47. The molecule has 0 bridgehead atoms. The molecule has 37 heavy (non-hydrogen) atoms. The van der Waals surface area contributed by atoms with E-state index in [1.807, 2.05) is 60.7 Å². The average molecular weight is 498 g/mol. The van der Waals surface area contributed by atoms with Crippen LogP contribution in [0.1, 0.15) is 30.5 Å². The molecule has 1 saturated heterocycles. The first-order chi connectivity index (χ1) is 18.1. The van der Waals surface area contributed by atoms with Crippen molar-refractivity contribution in [3.8, 4) is 5.75 Å². The molecule has 1 unspecified atom stereocenters. The third-order valence-corrected chi connectivity index (χ3v) is 6.43. The number of β-lactam (4-membered cyclic amide) rings is 1. The van der Waals surface area contributed by atoms with E-state index in [0.717, 1.165) is 43.1 Å². The number of nitrogens with zero attached hydrogens (tertiary/aromatic N) is 2. The summed E-state index contributed by atoms with van der Waals surface area (Å²) in [6.07, 6.45) is 2.67. The molecule has 3 aromatic carbocycles. The van der Waals surface area contributed by atoms with E-state index in [9.17, 15) is 4.79 Å². The summed E-state index contributed by atoms with van der Waals surface area (Å²) < 4.78 is 5.26. The first-order valence-corrected chi connectivity index (χ1v) is 12.7. The third kappa shape index (κ3) is 6.67. The maximum absolute atomic E-state index is 13.2. The van der Waals surface area contributed by atoms with Crippen LogP contribution in [0, 0.1) is 0 Å². The lowest BCUT2D eigenvalue weighted by Gasteiger charge is -2.43. The van der Waals surface area contributed by atoms with Crippen molar-refractivity contribution in [1.29, 1.82) is 0 Å². The van der Waals surface area contributed by atoms with Gasteiger partial charge in [0.2, 0.25) is 0 Å². The average Bonchev–Trinajstić information content (AvgIpc) is 2.94. The maximum Gasteiger partial charge on any atom is 0.257 e. The van der Waals surface area contributed by atoms with Gasteiger partial charge in [-0.2, -0.15) is 0 Å². The highest BCUT2D eigenvalue weighted by atomic mass is 16.6. The van der Waals surface area contributed by atoms with Crippen LogP contribution in [0.2, 0.25) is 0 Å². The van der Waals surface area contributed by atoms with Crippen molar-refractivity contribution >= 4 is 11.6 Å². The number of nitrogens with one attached hydrogen (secondary N) is 1. The van der Waals surface area contributed by atoms with Crippen LogP contribution in [0.15, 0.2) is 109 Å².